The lowest BCUT2D eigenvalue weighted by Crippen LogP contribution is -2.24. The van der Waals surface area contributed by atoms with Crippen molar-refractivity contribution in [2.24, 2.45) is 0 Å². The van der Waals surface area contributed by atoms with Crippen molar-refractivity contribution in [1.29, 1.82) is 0 Å². The van der Waals surface area contributed by atoms with Crippen molar-refractivity contribution in [3.05, 3.63) is 41.1 Å². The van der Waals surface area contributed by atoms with Gasteiger partial charge in [0.2, 0.25) is 0 Å². The molecule has 0 amide bonds. The molecule has 7 heteroatoms. The Morgan fingerprint density at radius 3 is 2.52 bits per heavy atom. The van der Waals surface area contributed by atoms with Crippen LogP contribution in [0.3, 0.4) is 0 Å². The third-order valence-electron chi connectivity index (χ3n) is 4.07. The van der Waals surface area contributed by atoms with Gasteiger partial charge >= 0.3 is 0 Å². The topological polar surface area (TPSA) is 86.9 Å². The minimum absolute atomic E-state index is 0.00993. The summed E-state index contributed by atoms with van der Waals surface area (Å²) in [5.41, 5.74) is 2.97. The highest BCUT2D eigenvalue weighted by molar-refractivity contribution is 7.92. The van der Waals surface area contributed by atoms with Gasteiger partial charge in [0, 0.05) is 12.1 Å². The number of aromatic amines is 1. The zero-order valence-electron chi connectivity index (χ0n) is 13.6. The molecule has 2 heterocycles. The molecule has 0 unspecified atom stereocenters. The fraction of sp³-hybridized carbons (Fsp3) is 0.438. The van der Waals surface area contributed by atoms with Crippen LogP contribution in [0.5, 0.6) is 0 Å². The van der Waals surface area contributed by atoms with E-state index in [1.807, 2.05) is 12.1 Å². The number of H-pyrrole nitrogens is 1. The normalized spacial score (nSPS) is 15.3. The van der Waals surface area contributed by atoms with E-state index in [1.54, 1.807) is 12.1 Å². The van der Waals surface area contributed by atoms with Crippen LogP contribution in [-0.4, -0.2) is 25.2 Å². The number of anilines is 1. The monoisotopic (exact) mass is 334 g/mol. The van der Waals surface area contributed by atoms with Crippen molar-refractivity contribution >= 4 is 15.8 Å². The Bertz CT molecular complexity index is 802. The van der Waals surface area contributed by atoms with Crippen molar-refractivity contribution in [1.82, 2.24) is 15.5 Å². The molecule has 1 aliphatic rings. The molecule has 0 spiro atoms. The first kappa shape index (κ1) is 16.0. The summed E-state index contributed by atoms with van der Waals surface area (Å²) in [7, 11) is -3.63. The van der Waals surface area contributed by atoms with Crippen LogP contribution < -0.4 is 10.0 Å². The van der Waals surface area contributed by atoms with Crippen molar-refractivity contribution in [2.75, 3.05) is 11.3 Å². The third-order valence-corrected chi connectivity index (χ3v) is 5.42. The Labute approximate surface area is 136 Å². The van der Waals surface area contributed by atoms with Gasteiger partial charge in [-0.3, -0.25) is 9.82 Å². The van der Waals surface area contributed by atoms with E-state index in [9.17, 15) is 8.42 Å². The zero-order chi connectivity index (χ0) is 16.7. The first-order chi connectivity index (χ1) is 10.8. The fourth-order valence-corrected chi connectivity index (χ4v) is 3.68. The number of rotatable bonds is 3. The molecule has 124 valence electrons. The highest BCUT2D eigenvalue weighted by Gasteiger charge is 2.22. The van der Waals surface area contributed by atoms with Crippen LogP contribution in [0.25, 0.3) is 0 Å². The predicted octanol–water partition coefficient (Wildman–Crippen LogP) is 2.15. The number of sulfonamides is 1. The lowest BCUT2D eigenvalue weighted by molar-refractivity contribution is 0.587. The van der Waals surface area contributed by atoms with E-state index in [0.29, 0.717) is 12.4 Å². The van der Waals surface area contributed by atoms with Crippen molar-refractivity contribution < 1.29 is 8.42 Å². The van der Waals surface area contributed by atoms with Crippen LogP contribution in [0, 0.1) is 0 Å². The van der Waals surface area contributed by atoms with Gasteiger partial charge in [-0.15, -0.1) is 0 Å². The molecule has 0 radical (unpaired) electrons. The van der Waals surface area contributed by atoms with Crippen molar-refractivity contribution in [2.45, 2.75) is 44.0 Å². The average molecular weight is 334 g/mol. The number of nitrogens with one attached hydrogen (secondary N) is 3. The molecule has 23 heavy (non-hydrogen) atoms. The highest BCUT2D eigenvalue weighted by Crippen LogP contribution is 2.26. The molecular weight excluding hydrogens is 312 g/mol. The summed E-state index contributed by atoms with van der Waals surface area (Å²) < 4.78 is 27.7. The molecule has 6 nitrogen and oxygen atoms in total. The van der Waals surface area contributed by atoms with E-state index in [-0.39, 0.29) is 10.3 Å². The van der Waals surface area contributed by atoms with Crippen LogP contribution >= 0.6 is 0 Å². The maximum atomic E-state index is 12.6. The molecule has 0 bridgehead atoms. The quantitative estimate of drug-likeness (QED) is 0.803. The second-order valence-corrected chi connectivity index (χ2v) is 8.52. The van der Waals surface area contributed by atoms with Crippen LogP contribution in [-0.2, 0) is 28.4 Å². The van der Waals surface area contributed by atoms with E-state index in [4.69, 9.17) is 0 Å². The van der Waals surface area contributed by atoms with Crippen molar-refractivity contribution in [3.8, 4) is 0 Å². The van der Waals surface area contributed by atoms with E-state index in [0.717, 1.165) is 29.8 Å². The molecule has 0 saturated heterocycles. The number of nitrogens with zero attached hydrogens (tertiary/aromatic N) is 1. The maximum Gasteiger partial charge on any atom is 0.263 e. The SMILES string of the molecule is CC(C)(C)c1ccc(S(=O)(=O)Nc2n[nH]c3c2CCNC3)cc1. The Balaban J connectivity index is 1.86. The summed E-state index contributed by atoms with van der Waals surface area (Å²) >= 11 is 0. The van der Waals surface area contributed by atoms with Gasteiger partial charge in [0.05, 0.1) is 10.6 Å². The van der Waals surface area contributed by atoms with Crippen LogP contribution in [0.15, 0.2) is 29.2 Å². The third kappa shape index (κ3) is 3.25. The van der Waals surface area contributed by atoms with Gasteiger partial charge in [-0.1, -0.05) is 32.9 Å². The van der Waals surface area contributed by atoms with Crippen molar-refractivity contribution in [3.63, 3.8) is 0 Å². The van der Waals surface area contributed by atoms with Crippen LogP contribution in [0.4, 0.5) is 5.82 Å². The van der Waals surface area contributed by atoms with Crippen LogP contribution in [0.1, 0.15) is 37.6 Å². The Morgan fingerprint density at radius 1 is 1.17 bits per heavy atom. The molecule has 1 aliphatic heterocycles. The molecule has 3 rings (SSSR count). The van der Waals surface area contributed by atoms with Gasteiger partial charge in [0.25, 0.3) is 10.0 Å². The lowest BCUT2D eigenvalue weighted by Gasteiger charge is -2.19. The zero-order valence-corrected chi connectivity index (χ0v) is 14.4. The molecule has 0 fully saturated rings. The summed E-state index contributed by atoms with van der Waals surface area (Å²) in [5.74, 6) is 0.404. The second kappa shape index (κ2) is 5.65. The summed E-state index contributed by atoms with van der Waals surface area (Å²) in [5, 5.41) is 10.2. The van der Waals surface area contributed by atoms with E-state index in [2.05, 4.69) is 41.0 Å². The van der Waals surface area contributed by atoms with Gasteiger partial charge in [-0.25, -0.2) is 8.42 Å². The van der Waals surface area contributed by atoms with Gasteiger partial charge < -0.3 is 5.32 Å². The smallest absolute Gasteiger partial charge is 0.263 e. The molecular formula is C16H22N4O2S. The minimum atomic E-state index is -3.63. The van der Waals surface area contributed by atoms with Gasteiger partial charge in [-0.05, 0) is 36.1 Å². The Kier molecular flexibility index (Phi) is 3.93. The second-order valence-electron chi connectivity index (χ2n) is 6.84. The Morgan fingerprint density at radius 2 is 1.87 bits per heavy atom. The molecule has 1 aromatic heterocycles. The average Bonchev–Trinajstić information content (AvgIpc) is 2.89. The predicted molar refractivity (Wildman–Crippen MR) is 89.9 cm³/mol. The summed E-state index contributed by atoms with van der Waals surface area (Å²) in [6.07, 6.45) is 0.757. The number of aromatic nitrogens is 2. The van der Waals surface area contributed by atoms with Gasteiger partial charge in [0.1, 0.15) is 0 Å². The molecule has 0 atom stereocenters. The van der Waals surface area contributed by atoms with E-state index < -0.39 is 10.0 Å². The highest BCUT2D eigenvalue weighted by atomic mass is 32.2. The molecule has 1 aromatic carbocycles. The number of hydrogen-bond acceptors (Lipinski definition) is 4. The fourth-order valence-electron chi connectivity index (χ4n) is 2.65. The van der Waals surface area contributed by atoms with E-state index in [1.165, 1.54) is 0 Å². The molecule has 0 aliphatic carbocycles. The molecule has 3 N–H and O–H groups in total. The molecule has 0 saturated carbocycles. The number of fused-ring (bicyclic) bond motifs is 1. The maximum absolute atomic E-state index is 12.6. The first-order valence-corrected chi connectivity index (χ1v) is 9.16. The summed E-state index contributed by atoms with van der Waals surface area (Å²) in [6, 6.07) is 7.00. The summed E-state index contributed by atoms with van der Waals surface area (Å²) in [4.78, 5) is 0.246. The number of benzene rings is 1. The standard InChI is InChI=1S/C16H22N4O2S/c1-16(2,3)11-4-6-12(7-5-11)23(21,22)20-15-13-8-9-17-10-14(13)18-19-15/h4-7,17H,8-10H2,1-3H3,(H2,18,19,20). The molecule has 2 aromatic rings. The minimum Gasteiger partial charge on any atom is -0.311 e. The largest absolute Gasteiger partial charge is 0.311 e. The van der Waals surface area contributed by atoms with Crippen LogP contribution in [0.2, 0.25) is 0 Å². The first-order valence-electron chi connectivity index (χ1n) is 7.67. The van der Waals surface area contributed by atoms with Gasteiger partial charge in [0.15, 0.2) is 5.82 Å². The lowest BCUT2D eigenvalue weighted by atomic mass is 9.87. The number of hydrogen-bond donors (Lipinski definition) is 3. The Hall–Kier alpha value is -1.86. The van der Waals surface area contributed by atoms with Gasteiger partial charge in [-0.2, -0.15) is 5.10 Å². The van der Waals surface area contributed by atoms with E-state index >= 15 is 0 Å². The summed E-state index contributed by atoms with van der Waals surface area (Å²) in [6.45, 7) is 7.79.